The Morgan fingerprint density at radius 1 is 1.12 bits per heavy atom. The predicted octanol–water partition coefficient (Wildman–Crippen LogP) is 1.31. The van der Waals surface area contributed by atoms with Crippen molar-refractivity contribution in [3.8, 4) is 0 Å². The summed E-state index contributed by atoms with van der Waals surface area (Å²) in [6.07, 6.45) is 4.46. The molecule has 0 aliphatic rings. The Kier molecular flexibility index (Phi) is 2.77. The number of nitrogens with one attached hydrogen (secondary N) is 1. The zero-order chi connectivity index (χ0) is 11.4. The number of hydrogen-bond donors (Lipinski definition) is 2. The quantitative estimate of drug-likeness (QED) is 0.738. The lowest BCUT2D eigenvalue weighted by atomic mass is 10.2. The molecule has 0 aliphatic heterocycles. The molecule has 2 aromatic rings. The lowest BCUT2D eigenvalue weighted by Crippen LogP contribution is -2.12. The molecule has 0 aliphatic carbocycles. The van der Waals surface area contributed by atoms with Gasteiger partial charge in [-0.15, -0.1) is 0 Å². The van der Waals surface area contributed by atoms with Crippen LogP contribution >= 0.6 is 0 Å². The minimum Gasteiger partial charge on any atom is -0.399 e. The monoisotopic (exact) mass is 214 g/mol. The number of nitrogen functional groups attached to an aromatic ring is 1. The van der Waals surface area contributed by atoms with Crippen LogP contribution in [0.3, 0.4) is 0 Å². The number of rotatable bonds is 2. The van der Waals surface area contributed by atoms with Crippen molar-refractivity contribution in [3.63, 3.8) is 0 Å². The highest BCUT2D eigenvalue weighted by atomic mass is 16.1. The van der Waals surface area contributed by atoms with Gasteiger partial charge in [0.1, 0.15) is 6.33 Å². The number of aromatic nitrogens is 2. The highest BCUT2D eigenvalue weighted by Crippen LogP contribution is 2.08. The summed E-state index contributed by atoms with van der Waals surface area (Å²) >= 11 is 0. The van der Waals surface area contributed by atoms with E-state index in [1.54, 1.807) is 24.3 Å². The van der Waals surface area contributed by atoms with E-state index in [0.29, 0.717) is 16.9 Å². The minimum absolute atomic E-state index is 0.213. The molecule has 80 valence electrons. The highest BCUT2D eigenvalue weighted by molar-refractivity contribution is 6.04. The summed E-state index contributed by atoms with van der Waals surface area (Å²) < 4.78 is 0. The molecule has 0 atom stereocenters. The fourth-order valence-corrected chi connectivity index (χ4v) is 1.20. The van der Waals surface area contributed by atoms with Gasteiger partial charge in [0.05, 0.1) is 18.1 Å². The lowest BCUT2D eigenvalue weighted by Gasteiger charge is -2.03. The average molecular weight is 214 g/mol. The van der Waals surface area contributed by atoms with E-state index in [0.717, 1.165) is 0 Å². The van der Waals surface area contributed by atoms with Crippen molar-refractivity contribution in [1.82, 2.24) is 9.97 Å². The first-order chi connectivity index (χ1) is 7.75. The van der Waals surface area contributed by atoms with Crippen LogP contribution in [0.25, 0.3) is 0 Å². The number of nitrogens with two attached hydrogens (primary N) is 1. The summed E-state index contributed by atoms with van der Waals surface area (Å²) in [6, 6.07) is 6.68. The fourth-order valence-electron chi connectivity index (χ4n) is 1.20. The van der Waals surface area contributed by atoms with Crippen LogP contribution in [0.2, 0.25) is 0 Å². The van der Waals surface area contributed by atoms with Crippen molar-refractivity contribution in [2.45, 2.75) is 0 Å². The lowest BCUT2D eigenvalue weighted by molar-refractivity contribution is 0.102. The Hall–Kier alpha value is -2.43. The van der Waals surface area contributed by atoms with Crippen molar-refractivity contribution in [1.29, 1.82) is 0 Å². The van der Waals surface area contributed by atoms with Crippen LogP contribution in [0.5, 0.6) is 0 Å². The summed E-state index contributed by atoms with van der Waals surface area (Å²) in [5.74, 6) is -0.213. The maximum absolute atomic E-state index is 11.7. The van der Waals surface area contributed by atoms with E-state index >= 15 is 0 Å². The summed E-state index contributed by atoms with van der Waals surface area (Å²) in [5, 5.41) is 2.67. The molecule has 0 saturated carbocycles. The van der Waals surface area contributed by atoms with Gasteiger partial charge in [-0.2, -0.15) is 0 Å². The highest BCUT2D eigenvalue weighted by Gasteiger charge is 2.05. The first kappa shape index (κ1) is 10.1. The van der Waals surface area contributed by atoms with E-state index < -0.39 is 0 Å². The number of nitrogens with zero attached hydrogens (tertiary/aromatic N) is 2. The van der Waals surface area contributed by atoms with Crippen molar-refractivity contribution >= 4 is 17.3 Å². The molecule has 0 radical (unpaired) electrons. The fraction of sp³-hybridized carbons (Fsp3) is 0. The molecule has 1 heterocycles. The van der Waals surface area contributed by atoms with Crippen molar-refractivity contribution in [3.05, 3.63) is 48.5 Å². The van der Waals surface area contributed by atoms with Crippen LogP contribution in [0, 0.1) is 0 Å². The summed E-state index contributed by atoms with van der Waals surface area (Å²) in [6.45, 7) is 0. The SMILES string of the molecule is Nc1ccc(C(=O)Nc2cncnc2)cc1. The Balaban J connectivity index is 2.12. The van der Waals surface area contributed by atoms with Gasteiger partial charge in [-0.05, 0) is 24.3 Å². The third-order valence-corrected chi connectivity index (χ3v) is 1.99. The molecule has 1 aromatic heterocycles. The summed E-state index contributed by atoms with van der Waals surface area (Å²) in [5.41, 5.74) is 7.25. The van der Waals surface area contributed by atoms with Crippen LogP contribution in [0.1, 0.15) is 10.4 Å². The van der Waals surface area contributed by atoms with Gasteiger partial charge in [0, 0.05) is 11.3 Å². The van der Waals surface area contributed by atoms with Crippen LogP contribution in [0.4, 0.5) is 11.4 Å². The molecule has 5 heteroatoms. The van der Waals surface area contributed by atoms with Gasteiger partial charge in [-0.3, -0.25) is 4.79 Å². The molecular weight excluding hydrogens is 204 g/mol. The third kappa shape index (κ3) is 2.33. The van der Waals surface area contributed by atoms with Crippen LogP contribution in [-0.4, -0.2) is 15.9 Å². The Morgan fingerprint density at radius 3 is 2.38 bits per heavy atom. The maximum atomic E-state index is 11.7. The Bertz CT molecular complexity index is 481. The molecule has 0 bridgehead atoms. The number of anilines is 2. The standard InChI is InChI=1S/C11H10N4O/c12-9-3-1-8(2-4-9)11(16)15-10-5-13-7-14-6-10/h1-7H,12H2,(H,15,16). The van der Waals surface area contributed by atoms with Gasteiger partial charge in [-0.1, -0.05) is 0 Å². The zero-order valence-electron chi connectivity index (χ0n) is 8.42. The Labute approximate surface area is 92.3 Å². The number of carbonyl (C=O) groups excluding carboxylic acids is 1. The average Bonchev–Trinajstić information content (AvgIpc) is 2.31. The molecule has 1 aromatic carbocycles. The molecule has 0 saturated heterocycles. The van der Waals surface area contributed by atoms with E-state index in [2.05, 4.69) is 15.3 Å². The van der Waals surface area contributed by atoms with E-state index in [1.165, 1.54) is 18.7 Å². The summed E-state index contributed by atoms with van der Waals surface area (Å²) in [7, 11) is 0. The van der Waals surface area contributed by atoms with Gasteiger partial charge in [-0.25, -0.2) is 9.97 Å². The molecule has 1 amide bonds. The van der Waals surface area contributed by atoms with E-state index in [1.807, 2.05) is 0 Å². The van der Waals surface area contributed by atoms with E-state index in [-0.39, 0.29) is 5.91 Å². The molecule has 5 nitrogen and oxygen atoms in total. The largest absolute Gasteiger partial charge is 0.399 e. The molecule has 16 heavy (non-hydrogen) atoms. The van der Waals surface area contributed by atoms with E-state index in [9.17, 15) is 4.79 Å². The van der Waals surface area contributed by atoms with Crippen molar-refractivity contribution < 1.29 is 4.79 Å². The van der Waals surface area contributed by atoms with Gasteiger partial charge >= 0.3 is 0 Å². The smallest absolute Gasteiger partial charge is 0.255 e. The number of hydrogen-bond acceptors (Lipinski definition) is 4. The minimum atomic E-state index is -0.213. The maximum Gasteiger partial charge on any atom is 0.255 e. The second-order valence-electron chi connectivity index (χ2n) is 3.20. The van der Waals surface area contributed by atoms with Gasteiger partial charge in [0.15, 0.2) is 0 Å². The van der Waals surface area contributed by atoms with Crippen LogP contribution < -0.4 is 11.1 Å². The molecule has 0 spiro atoms. The molecule has 3 N–H and O–H groups in total. The van der Waals surface area contributed by atoms with Crippen molar-refractivity contribution in [2.75, 3.05) is 11.1 Å². The Morgan fingerprint density at radius 2 is 1.75 bits per heavy atom. The number of amides is 1. The number of benzene rings is 1. The zero-order valence-corrected chi connectivity index (χ0v) is 8.42. The molecule has 0 unspecified atom stereocenters. The normalized spacial score (nSPS) is 9.75. The first-order valence-electron chi connectivity index (χ1n) is 4.67. The van der Waals surface area contributed by atoms with Crippen LogP contribution in [-0.2, 0) is 0 Å². The van der Waals surface area contributed by atoms with Crippen LogP contribution in [0.15, 0.2) is 43.0 Å². The van der Waals surface area contributed by atoms with Gasteiger partial charge < -0.3 is 11.1 Å². The second kappa shape index (κ2) is 4.39. The predicted molar refractivity (Wildman–Crippen MR) is 60.8 cm³/mol. The molecule has 0 fully saturated rings. The number of carbonyl (C=O) groups is 1. The van der Waals surface area contributed by atoms with Crippen molar-refractivity contribution in [2.24, 2.45) is 0 Å². The molecular formula is C11H10N4O. The van der Waals surface area contributed by atoms with Gasteiger partial charge in [0.2, 0.25) is 0 Å². The molecule has 2 rings (SSSR count). The topological polar surface area (TPSA) is 80.9 Å². The first-order valence-corrected chi connectivity index (χ1v) is 4.67. The van der Waals surface area contributed by atoms with E-state index in [4.69, 9.17) is 5.73 Å². The third-order valence-electron chi connectivity index (χ3n) is 1.99. The van der Waals surface area contributed by atoms with Gasteiger partial charge in [0.25, 0.3) is 5.91 Å². The second-order valence-corrected chi connectivity index (χ2v) is 3.20. The summed E-state index contributed by atoms with van der Waals surface area (Å²) in [4.78, 5) is 19.3.